The van der Waals surface area contributed by atoms with Crippen LogP contribution < -0.4 is 5.32 Å². The highest BCUT2D eigenvalue weighted by Gasteiger charge is 2.38. The van der Waals surface area contributed by atoms with E-state index >= 15 is 0 Å². The van der Waals surface area contributed by atoms with Crippen molar-refractivity contribution in [3.05, 3.63) is 35.6 Å². The average Bonchev–Trinajstić information content (AvgIpc) is 3.20. The first-order valence-corrected chi connectivity index (χ1v) is 7.20. The van der Waals surface area contributed by atoms with E-state index in [-0.39, 0.29) is 17.7 Å². The van der Waals surface area contributed by atoms with Crippen LogP contribution in [0, 0.1) is 17.2 Å². The molecule has 3 atom stereocenters. The standard InChI is InChI=1S/C16H15N3O2/c17-7-13-6-12-5-10(1-2-15(12)21-13)16(20)18-14-9-19-4-3-11(14)8-19/h1-2,5-6,11,14H,3-4,8-9H2,(H,18,20)/t11-,14?/m1/s1. The summed E-state index contributed by atoms with van der Waals surface area (Å²) in [6, 6.07) is 9.17. The molecule has 5 nitrogen and oxygen atoms in total. The Morgan fingerprint density at radius 3 is 3.00 bits per heavy atom. The van der Waals surface area contributed by atoms with Crippen molar-refractivity contribution in [3.8, 4) is 6.07 Å². The number of nitriles is 1. The maximum Gasteiger partial charge on any atom is 0.251 e. The van der Waals surface area contributed by atoms with Gasteiger partial charge in [0, 0.05) is 36.1 Å². The lowest BCUT2D eigenvalue weighted by Crippen LogP contribution is -2.43. The predicted octanol–water partition coefficient (Wildman–Crippen LogP) is 1.74. The van der Waals surface area contributed by atoms with Crippen molar-refractivity contribution < 1.29 is 9.21 Å². The number of piperidine rings is 1. The maximum atomic E-state index is 12.4. The van der Waals surface area contributed by atoms with Crippen LogP contribution in [-0.4, -0.2) is 36.5 Å². The number of amides is 1. The Morgan fingerprint density at radius 2 is 2.29 bits per heavy atom. The number of carbonyl (C=O) groups excluding carboxylic acids is 1. The van der Waals surface area contributed by atoms with Crippen LogP contribution in [0.15, 0.2) is 28.7 Å². The molecule has 21 heavy (non-hydrogen) atoms. The molecule has 1 amide bonds. The van der Waals surface area contributed by atoms with Crippen LogP contribution in [0.5, 0.6) is 0 Å². The van der Waals surface area contributed by atoms with Gasteiger partial charge in [-0.25, -0.2) is 0 Å². The predicted molar refractivity (Wildman–Crippen MR) is 76.7 cm³/mol. The summed E-state index contributed by atoms with van der Waals surface area (Å²) in [6.07, 6.45) is 1.18. The monoisotopic (exact) mass is 281 g/mol. The van der Waals surface area contributed by atoms with Gasteiger partial charge in [-0.1, -0.05) is 0 Å². The molecule has 2 saturated heterocycles. The highest BCUT2D eigenvalue weighted by molar-refractivity contribution is 5.98. The van der Waals surface area contributed by atoms with E-state index in [9.17, 15) is 4.79 Å². The van der Waals surface area contributed by atoms with Gasteiger partial charge in [0.15, 0.2) is 0 Å². The van der Waals surface area contributed by atoms with Gasteiger partial charge in [0.05, 0.1) is 0 Å². The number of hydrogen-bond donors (Lipinski definition) is 1. The van der Waals surface area contributed by atoms with Gasteiger partial charge < -0.3 is 14.6 Å². The van der Waals surface area contributed by atoms with E-state index in [1.807, 2.05) is 6.07 Å². The van der Waals surface area contributed by atoms with Gasteiger partial charge in [0.1, 0.15) is 11.7 Å². The van der Waals surface area contributed by atoms with Gasteiger partial charge in [0.25, 0.3) is 5.91 Å². The molecule has 4 rings (SSSR count). The molecule has 0 spiro atoms. The van der Waals surface area contributed by atoms with Gasteiger partial charge in [-0.3, -0.25) is 4.79 Å². The minimum atomic E-state index is -0.0460. The molecular formula is C16H15N3O2. The second-order valence-electron chi connectivity index (χ2n) is 5.86. The van der Waals surface area contributed by atoms with E-state index in [1.165, 1.54) is 6.42 Å². The molecule has 2 unspecified atom stereocenters. The molecule has 3 heterocycles. The number of hydrogen-bond acceptors (Lipinski definition) is 4. The van der Waals surface area contributed by atoms with Crippen LogP contribution in [0.2, 0.25) is 0 Å². The Hall–Kier alpha value is -2.32. The number of nitrogens with one attached hydrogen (secondary N) is 1. The van der Waals surface area contributed by atoms with Crippen LogP contribution >= 0.6 is 0 Å². The van der Waals surface area contributed by atoms with Crippen LogP contribution in [0.3, 0.4) is 0 Å². The summed E-state index contributed by atoms with van der Waals surface area (Å²) in [4.78, 5) is 14.8. The third-order valence-electron chi connectivity index (χ3n) is 4.54. The Labute approximate surface area is 122 Å². The Bertz CT molecular complexity index is 758. The summed E-state index contributed by atoms with van der Waals surface area (Å²) in [5, 5.41) is 12.8. The number of rotatable bonds is 2. The summed E-state index contributed by atoms with van der Waals surface area (Å²) in [5.41, 5.74) is 1.25. The summed E-state index contributed by atoms with van der Waals surface area (Å²) in [6.45, 7) is 3.23. The molecule has 2 aromatic rings. The van der Waals surface area contributed by atoms with E-state index in [0.717, 1.165) is 25.0 Å². The zero-order valence-corrected chi connectivity index (χ0v) is 11.5. The topological polar surface area (TPSA) is 69.3 Å². The highest BCUT2D eigenvalue weighted by atomic mass is 16.3. The third kappa shape index (κ3) is 2.08. The van der Waals surface area contributed by atoms with Gasteiger partial charge in [-0.2, -0.15) is 5.26 Å². The fraction of sp³-hybridized carbons (Fsp3) is 0.375. The zero-order chi connectivity index (χ0) is 14.4. The number of nitrogens with zero attached hydrogens (tertiary/aromatic N) is 2. The van der Waals surface area contributed by atoms with Gasteiger partial charge >= 0.3 is 0 Å². The summed E-state index contributed by atoms with van der Waals surface area (Å²) in [5.74, 6) is 0.815. The highest BCUT2D eigenvalue weighted by Crippen LogP contribution is 2.28. The molecule has 2 aliphatic heterocycles. The quantitative estimate of drug-likeness (QED) is 0.910. The SMILES string of the molecule is N#Cc1cc2cc(C(=O)NC3CN4CC[C@@H]3C4)ccc2o1. The van der Waals surface area contributed by atoms with Crippen molar-refractivity contribution in [2.45, 2.75) is 12.5 Å². The minimum Gasteiger partial charge on any atom is -0.446 e. The Morgan fingerprint density at radius 1 is 1.38 bits per heavy atom. The lowest BCUT2D eigenvalue weighted by molar-refractivity contribution is 0.0924. The molecule has 5 heteroatoms. The lowest BCUT2D eigenvalue weighted by Gasteiger charge is -2.23. The van der Waals surface area contributed by atoms with Crippen molar-refractivity contribution in [3.63, 3.8) is 0 Å². The first kappa shape index (κ1) is 12.4. The number of carbonyl (C=O) groups is 1. The fourth-order valence-corrected chi connectivity index (χ4v) is 3.44. The number of furan rings is 1. The van der Waals surface area contributed by atoms with Crippen LogP contribution in [0.4, 0.5) is 0 Å². The molecule has 0 radical (unpaired) electrons. The second-order valence-corrected chi connectivity index (χ2v) is 5.86. The van der Waals surface area contributed by atoms with E-state index < -0.39 is 0 Å². The smallest absolute Gasteiger partial charge is 0.251 e. The van der Waals surface area contributed by atoms with Crippen molar-refractivity contribution in [2.24, 2.45) is 5.92 Å². The summed E-state index contributed by atoms with van der Waals surface area (Å²) < 4.78 is 5.33. The normalized spacial score (nSPS) is 26.9. The molecule has 0 aliphatic carbocycles. The molecule has 0 saturated carbocycles. The van der Waals surface area contributed by atoms with Gasteiger partial charge in [0.2, 0.25) is 5.76 Å². The van der Waals surface area contributed by atoms with Crippen molar-refractivity contribution in [2.75, 3.05) is 19.6 Å². The van der Waals surface area contributed by atoms with Crippen LogP contribution in [0.25, 0.3) is 11.0 Å². The molecule has 2 fully saturated rings. The van der Waals surface area contributed by atoms with Crippen molar-refractivity contribution in [1.29, 1.82) is 5.26 Å². The summed E-state index contributed by atoms with van der Waals surface area (Å²) >= 11 is 0. The summed E-state index contributed by atoms with van der Waals surface area (Å²) in [7, 11) is 0. The molecular weight excluding hydrogens is 266 g/mol. The lowest BCUT2D eigenvalue weighted by atomic mass is 9.99. The van der Waals surface area contributed by atoms with E-state index in [2.05, 4.69) is 10.2 Å². The molecule has 2 bridgehead atoms. The average molecular weight is 281 g/mol. The minimum absolute atomic E-state index is 0.0460. The van der Waals surface area contributed by atoms with Gasteiger partial charge in [-0.05, 0) is 37.1 Å². The number of benzene rings is 1. The Kier molecular flexibility index (Phi) is 2.72. The molecule has 1 aromatic heterocycles. The van der Waals surface area contributed by atoms with Crippen molar-refractivity contribution in [1.82, 2.24) is 10.2 Å². The van der Waals surface area contributed by atoms with Crippen LogP contribution in [0.1, 0.15) is 22.5 Å². The fourth-order valence-electron chi connectivity index (χ4n) is 3.44. The maximum absolute atomic E-state index is 12.4. The van der Waals surface area contributed by atoms with E-state index in [1.54, 1.807) is 24.3 Å². The second kappa shape index (κ2) is 4.61. The first-order valence-electron chi connectivity index (χ1n) is 7.20. The molecule has 106 valence electrons. The van der Waals surface area contributed by atoms with E-state index in [0.29, 0.717) is 17.1 Å². The molecule has 1 aromatic carbocycles. The zero-order valence-electron chi connectivity index (χ0n) is 11.5. The van der Waals surface area contributed by atoms with Crippen LogP contribution in [-0.2, 0) is 0 Å². The third-order valence-corrected chi connectivity index (χ3v) is 4.54. The molecule has 1 N–H and O–H groups in total. The number of fused-ring (bicyclic) bond motifs is 3. The van der Waals surface area contributed by atoms with Crippen molar-refractivity contribution >= 4 is 16.9 Å². The first-order chi connectivity index (χ1) is 10.2. The largest absolute Gasteiger partial charge is 0.446 e. The van der Waals surface area contributed by atoms with Gasteiger partial charge in [-0.15, -0.1) is 0 Å². The van der Waals surface area contributed by atoms with E-state index in [4.69, 9.17) is 9.68 Å². The Balaban J connectivity index is 1.55. The molecule has 2 aliphatic rings.